The predicted molar refractivity (Wildman–Crippen MR) is 106 cm³/mol. The second-order valence-electron chi connectivity index (χ2n) is 6.22. The molecule has 2 amide bonds. The number of nitrogens with two attached hydrogens (primary N) is 1. The van der Waals surface area contributed by atoms with Crippen LogP contribution in [-0.2, 0) is 21.2 Å². The molecule has 29 heavy (non-hydrogen) atoms. The Balaban J connectivity index is 1.48. The highest BCUT2D eigenvalue weighted by Crippen LogP contribution is 2.16. The van der Waals surface area contributed by atoms with Crippen molar-refractivity contribution in [1.29, 1.82) is 0 Å². The lowest BCUT2D eigenvalue weighted by atomic mass is 10.1. The molecule has 2 aromatic carbocycles. The van der Waals surface area contributed by atoms with E-state index in [0.29, 0.717) is 12.1 Å². The van der Waals surface area contributed by atoms with Crippen LogP contribution in [0.3, 0.4) is 0 Å². The number of aromatic amines is 1. The van der Waals surface area contributed by atoms with Gasteiger partial charge in [-0.3, -0.25) is 25.5 Å². The minimum Gasteiger partial charge on any atom is -0.273 e. The molecule has 0 atom stereocenters. The highest BCUT2D eigenvalue weighted by atomic mass is 32.2. The highest BCUT2D eigenvalue weighted by Gasteiger charge is 2.12. The summed E-state index contributed by atoms with van der Waals surface area (Å²) in [7, 11) is -3.75. The van der Waals surface area contributed by atoms with Crippen molar-refractivity contribution in [3.05, 3.63) is 71.9 Å². The van der Waals surface area contributed by atoms with Crippen molar-refractivity contribution in [3.8, 4) is 11.3 Å². The van der Waals surface area contributed by atoms with Crippen LogP contribution in [0.4, 0.5) is 0 Å². The molecule has 150 valence electrons. The van der Waals surface area contributed by atoms with Crippen LogP contribution in [0.2, 0.25) is 0 Å². The fraction of sp³-hybridized carbons (Fsp3) is 0.105. The largest absolute Gasteiger partial charge is 0.287 e. The Morgan fingerprint density at radius 3 is 2.34 bits per heavy atom. The molecule has 0 radical (unpaired) electrons. The van der Waals surface area contributed by atoms with E-state index in [1.54, 1.807) is 18.2 Å². The molecule has 0 aliphatic rings. The van der Waals surface area contributed by atoms with Gasteiger partial charge in [-0.25, -0.2) is 13.6 Å². The zero-order valence-corrected chi connectivity index (χ0v) is 16.1. The number of nitrogens with zero attached hydrogens (tertiary/aromatic N) is 1. The van der Waals surface area contributed by atoms with E-state index < -0.39 is 21.8 Å². The van der Waals surface area contributed by atoms with Crippen LogP contribution in [0.5, 0.6) is 0 Å². The Kier molecular flexibility index (Phi) is 6.05. The maximum absolute atomic E-state index is 12.1. The lowest BCUT2D eigenvalue weighted by Gasteiger charge is -2.06. The van der Waals surface area contributed by atoms with E-state index in [-0.39, 0.29) is 17.0 Å². The van der Waals surface area contributed by atoms with Crippen LogP contribution < -0.4 is 16.0 Å². The van der Waals surface area contributed by atoms with Gasteiger partial charge in [0.25, 0.3) is 5.91 Å². The normalized spacial score (nSPS) is 11.1. The fourth-order valence-corrected chi connectivity index (χ4v) is 3.07. The third-order valence-electron chi connectivity index (χ3n) is 4.10. The van der Waals surface area contributed by atoms with Crippen molar-refractivity contribution in [3.63, 3.8) is 0 Å². The molecule has 9 nitrogen and oxygen atoms in total. The quantitative estimate of drug-likeness (QED) is 0.447. The van der Waals surface area contributed by atoms with Crippen LogP contribution in [-0.4, -0.2) is 30.4 Å². The molecule has 0 saturated heterocycles. The summed E-state index contributed by atoms with van der Waals surface area (Å²) in [5.41, 5.74) is 7.11. The average molecular weight is 413 g/mol. The van der Waals surface area contributed by atoms with Gasteiger partial charge < -0.3 is 0 Å². The number of hydrogen-bond acceptors (Lipinski definition) is 5. The average Bonchev–Trinajstić information content (AvgIpc) is 3.21. The van der Waals surface area contributed by atoms with Gasteiger partial charge in [-0.1, -0.05) is 42.5 Å². The molecule has 0 aliphatic heterocycles. The molecule has 5 N–H and O–H groups in total. The zero-order valence-electron chi connectivity index (χ0n) is 15.3. The number of hydrogen-bond donors (Lipinski definition) is 4. The van der Waals surface area contributed by atoms with Gasteiger partial charge in [0.05, 0.1) is 10.6 Å². The van der Waals surface area contributed by atoms with Gasteiger partial charge in [-0.2, -0.15) is 5.10 Å². The second kappa shape index (κ2) is 8.67. The number of hydrazine groups is 1. The molecule has 1 aromatic heterocycles. The molecule has 3 aromatic rings. The lowest BCUT2D eigenvalue weighted by molar-refractivity contribution is -0.121. The van der Waals surface area contributed by atoms with E-state index in [2.05, 4.69) is 21.0 Å². The van der Waals surface area contributed by atoms with Crippen LogP contribution in [0, 0.1) is 0 Å². The number of aryl methyl sites for hydroxylation is 1. The maximum atomic E-state index is 12.1. The van der Waals surface area contributed by atoms with Crippen LogP contribution in [0.15, 0.2) is 65.6 Å². The van der Waals surface area contributed by atoms with E-state index in [1.165, 1.54) is 12.1 Å². The summed E-state index contributed by atoms with van der Waals surface area (Å²) in [6, 6.07) is 16.9. The maximum Gasteiger partial charge on any atom is 0.287 e. The van der Waals surface area contributed by atoms with Crippen LogP contribution in [0.1, 0.15) is 22.5 Å². The number of carbonyl (C=O) groups is 2. The van der Waals surface area contributed by atoms with Gasteiger partial charge in [0.1, 0.15) is 5.69 Å². The zero-order chi connectivity index (χ0) is 20.9. The molecule has 3 rings (SSSR count). The number of nitrogens with one attached hydrogen (secondary N) is 3. The summed E-state index contributed by atoms with van der Waals surface area (Å²) in [6.45, 7) is 0. The highest BCUT2D eigenvalue weighted by molar-refractivity contribution is 7.89. The number of sulfonamides is 1. The van der Waals surface area contributed by atoms with Crippen molar-refractivity contribution < 1.29 is 18.0 Å². The molecule has 0 aliphatic carbocycles. The van der Waals surface area contributed by atoms with Crippen LogP contribution >= 0.6 is 0 Å². The smallest absolute Gasteiger partial charge is 0.273 e. The SMILES string of the molecule is NS(=O)(=O)c1ccc(CCC(=O)NNC(=O)c2cc(-c3ccccc3)n[nH]2)cc1. The molecular weight excluding hydrogens is 394 g/mol. The third-order valence-corrected chi connectivity index (χ3v) is 5.03. The number of H-pyrrole nitrogens is 1. The first-order chi connectivity index (χ1) is 13.8. The van der Waals surface area contributed by atoms with Crippen molar-refractivity contribution >= 4 is 21.8 Å². The molecular formula is C19H19N5O4S. The summed E-state index contributed by atoms with van der Waals surface area (Å²) in [5.74, 6) is -0.915. The molecule has 0 unspecified atom stereocenters. The van der Waals surface area contributed by atoms with E-state index >= 15 is 0 Å². The third kappa shape index (κ3) is 5.50. The number of rotatable bonds is 6. The van der Waals surface area contributed by atoms with Crippen molar-refractivity contribution in [1.82, 2.24) is 21.0 Å². The first-order valence-electron chi connectivity index (χ1n) is 8.65. The summed E-state index contributed by atoms with van der Waals surface area (Å²) in [4.78, 5) is 24.1. The van der Waals surface area contributed by atoms with Gasteiger partial charge in [-0.05, 0) is 30.2 Å². The Bertz CT molecular complexity index is 1110. The van der Waals surface area contributed by atoms with Crippen LogP contribution in [0.25, 0.3) is 11.3 Å². The van der Waals surface area contributed by atoms with E-state index in [0.717, 1.165) is 11.1 Å². The van der Waals surface area contributed by atoms with E-state index in [1.807, 2.05) is 30.3 Å². The number of benzene rings is 2. The first-order valence-corrected chi connectivity index (χ1v) is 10.2. The number of aromatic nitrogens is 2. The van der Waals surface area contributed by atoms with Gasteiger partial charge in [-0.15, -0.1) is 0 Å². The minimum absolute atomic E-state index is 0.00685. The number of carbonyl (C=O) groups excluding carboxylic acids is 2. The number of primary sulfonamides is 1. The summed E-state index contributed by atoms with van der Waals surface area (Å²) < 4.78 is 22.4. The van der Waals surface area contributed by atoms with Crippen molar-refractivity contribution in [2.75, 3.05) is 0 Å². The Morgan fingerprint density at radius 2 is 1.69 bits per heavy atom. The molecule has 1 heterocycles. The standard InChI is InChI=1S/C19H19N5O4S/c20-29(27,28)15-9-6-13(7-10-15)8-11-18(25)23-24-19(26)17-12-16(21-22-17)14-4-2-1-3-5-14/h1-7,9-10,12H,8,11H2,(H,21,22)(H,23,25)(H,24,26)(H2,20,27,28). The van der Waals surface area contributed by atoms with Crippen molar-refractivity contribution in [2.45, 2.75) is 17.7 Å². The monoisotopic (exact) mass is 413 g/mol. The van der Waals surface area contributed by atoms with E-state index in [9.17, 15) is 18.0 Å². The first kappa shape index (κ1) is 20.2. The molecule has 10 heteroatoms. The fourth-order valence-electron chi connectivity index (χ4n) is 2.55. The van der Waals surface area contributed by atoms with Gasteiger partial charge in [0, 0.05) is 12.0 Å². The Hall–Kier alpha value is -3.50. The summed E-state index contributed by atoms with van der Waals surface area (Å²) in [5, 5.41) is 11.8. The topological polar surface area (TPSA) is 147 Å². The Morgan fingerprint density at radius 1 is 1.00 bits per heavy atom. The molecule has 0 spiro atoms. The molecule has 0 fully saturated rings. The van der Waals surface area contributed by atoms with Gasteiger partial charge in [0.2, 0.25) is 15.9 Å². The molecule has 0 bridgehead atoms. The summed E-state index contributed by atoms with van der Waals surface area (Å²) in [6.07, 6.45) is 0.474. The Labute approximate surface area is 167 Å². The second-order valence-corrected chi connectivity index (χ2v) is 7.79. The summed E-state index contributed by atoms with van der Waals surface area (Å²) >= 11 is 0. The van der Waals surface area contributed by atoms with Gasteiger partial charge >= 0.3 is 0 Å². The number of amides is 2. The van der Waals surface area contributed by atoms with E-state index in [4.69, 9.17) is 5.14 Å². The van der Waals surface area contributed by atoms with Crippen molar-refractivity contribution in [2.24, 2.45) is 5.14 Å². The minimum atomic E-state index is -3.75. The van der Waals surface area contributed by atoms with Gasteiger partial charge in [0.15, 0.2) is 0 Å². The lowest BCUT2D eigenvalue weighted by Crippen LogP contribution is -2.41. The molecule has 0 saturated carbocycles. The predicted octanol–water partition coefficient (Wildman–Crippen LogP) is 1.12.